The van der Waals surface area contributed by atoms with Crippen LogP contribution in [0.1, 0.15) is 88.8 Å². The van der Waals surface area contributed by atoms with Gasteiger partial charge in [0.25, 0.3) is 23.3 Å². The summed E-state index contributed by atoms with van der Waals surface area (Å²) in [5, 5.41) is 49.7. The van der Waals surface area contributed by atoms with Gasteiger partial charge >= 0.3 is 16.1 Å². The number of carbonyl (C=O) groups is 4. The molecule has 107 heavy (non-hydrogen) atoms. The number of aryl methyl sites for hydroxylation is 1. The number of carbonyl (C=O) groups excluding carboxylic acids is 3. The number of hydrogen-bond acceptors (Lipinski definition) is 41. The third kappa shape index (κ3) is 21.1. The monoisotopic (exact) mass is 1490 g/mol. The molecule has 0 bridgehead atoms. The van der Waals surface area contributed by atoms with E-state index in [4.69, 9.17) is 60.9 Å². The van der Waals surface area contributed by atoms with Gasteiger partial charge in [-0.3, -0.25) is 44.1 Å². The number of benzene rings is 1. The molecule has 1 aromatic carbocycles. The molecule has 22 N–H and O–H groups in total. The standard InChI is InChI=1S/C16H12N6O4S.C13H15N7O.C9H8N6O3.C9H6N6O2.C6H7N3O.C4H11N.C3H3N3O3/c1-9-2-4-10(5-3-9)27(23,24)25-16-11-6-7-18-8-12(11)19-15(20-16)13-14(17)22-26-21-13;1-13(2,3)18-11-7-4-5-15-6-8(7)16-12(17-11)9-10(14)20-21-19-9;10-7-6(14-18-15-7)9(17)13-5-3-12-2-1-4(5)8(11)16;10-7-6(14-17-15-7)8-12-5-3-11-2-1-4(5)9(16)13-8;7-5-3-9-2-1-4(5)6(8)10;1-4(2,3)5;4-2-1(3(7)8)5-9-6-2/h2-8H,1H3,(H2,17,22);4-6H,1-3H3,(H2,14,20)(H,16,17,18);1-3H,(H2,10,15)(H2,11,16)(H,13,17);1-3H,(H2,10,15)(H,12,13,16);1-3H,7H2,(H2,8,10);5H2,1-3H3;(H2,4,6)(H,7,8). The molecule has 46 nitrogen and oxygen atoms in total. The van der Waals surface area contributed by atoms with Gasteiger partial charge in [-0.15, -0.1) is 0 Å². The summed E-state index contributed by atoms with van der Waals surface area (Å²) in [6, 6.07) is 14.1. The van der Waals surface area contributed by atoms with Crippen LogP contribution in [0.15, 0.2) is 149 Å². The molecule has 0 unspecified atom stereocenters. The summed E-state index contributed by atoms with van der Waals surface area (Å²) in [5.41, 5.74) is 51.0. The molecule has 0 saturated carbocycles. The van der Waals surface area contributed by atoms with Crippen LogP contribution in [0.5, 0.6) is 5.88 Å². The number of carboxylic acid groups (broad SMARTS) is 1. The van der Waals surface area contributed by atoms with Crippen molar-refractivity contribution in [2.75, 3.05) is 45.0 Å². The number of nitrogens with zero attached hydrogens (tertiary/aromatic N) is 20. The molecule has 0 spiro atoms. The first-order chi connectivity index (χ1) is 50.7. The Labute approximate surface area is 599 Å². The molecular weight excluding hydrogens is 1420 g/mol. The molecular formula is C60H62N32O14S. The summed E-state index contributed by atoms with van der Waals surface area (Å²) in [4.78, 5) is 98.7. The van der Waals surface area contributed by atoms with Crippen molar-refractivity contribution in [1.29, 1.82) is 0 Å². The number of nitrogen functional groups attached to an aromatic ring is 6. The van der Waals surface area contributed by atoms with Gasteiger partial charge in [-0.1, -0.05) is 17.7 Å². The molecule has 13 heterocycles. The molecule has 14 rings (SSSR count). The van der Waals surface area contributed by atoms with Crippen LogP contribution in [0.2, 0.25) is 0 Å². The summed E-state index contributed by atoms with van der Waals surface area (Å²) < 4.78 is 52.5. The lowest BCUT2D eigenvalue weighted by atomic mass is 10.1. The zero-order chi connectivity index (χ0) is 77.9. The Kier molecular flexibility index (Phi) is 24.5. The van der Waals surface area contributed by atoms with E-state index < -0.39 is 33.8 Å². The summed E-state index contributed by atoms with van der Waals surface area (Å²) in [5.74, 6) is -2.26. The minimum Gasteiger partial charge on any atom is -0.476 e. The number of nitrogens with one attached hydrogen (secondary N) is 3. The van der Waals surface area contributed by atoms with Crippen molar-refractivity contribution in [2.24, 2.45) is 17.2 Å². The first-order valence-corrected chi connectivity index (χ1v) is 31.4. The molecule has 0 atom stereocenters. The SMILES string of the molecule is CC(C)(C)N.CC(C)(C)Nc1nc(-c2nonc2N)nc2cnccc12.Cc1ccc(S(=O)(=O)Oc2nc(-c3nonc3N)nc3cnccc23)cc1.NC(=O)c1ccncc1N.NC(=O)c1ccncc1NC(=O)c1nonc1N.Nc1nonc1-c1nc2cnccc2c(=O)[nH]1.Nc1nonc1C(=O)O. The van der Waals surface area contributed by atoms with Crippen molar-refractivity contribution >= 4 is 113 Å². The van der Waals surface area contributed by atoms with E-state index >= 15 is 0 Å². The second kappa shape index (κ2) is 33.9. The van der Waals surface area contributed by atoms with E-state index in [1.165, 1.54) is 73.8 Å². The van der Waals surface area contributed by atoms with E-state index in [0.29, 0.717) is 55.9 Å². The van der Waals surface area contributed by atoms with Crippen molar-refractivity contribution < 1.29 is 60.0 Å². The van der Waals surface area contributed by atoms with E-state index in [2.05, 4.69) is 140 Å². The van der Waals surface area contributed by atoms with Crippen LogP contribution in [0, 0.1) is 6.92 Å². The number of amides is 3. The molecule has 0 aliphatic heterocycles. The highest BCUT2D eigenvalue weighted by atomic mass is 32.2. The number of hydrogen-bond donors (Lipinski definition) is 13. The van der Waals surface area contributed by atoms with Gasteiger partial charge in [-0.2, -0.15) is 13.4 Å². The van der Waals surface area contributed by atoms with Gasteiger partial charge in [0, 0.05) is 47.4 Å². The number of nitrogens with two attached hydrogens (primary N) is 9. The number of aromatic carboxylic acids is 1. The zero-order valence-electron chi connectivity index (χ0n) is 56.8. The second-order valence-electron chi connectivity index (χ2n) is 23.3. The average molecular weight is 1490 g/mol. The third-order valence-corrected chi connectivity index (χ3v) is 13.8. The number of primary amides is 2. The predicted octanol–water partition coefficient (Wildman–Crippen LogP) is 2.81. The van der Waals surface area contributed by atoms with Crippen molar-refractivity contribution in [3.8, 4) is 40.4 Å². The minimum atomic E-state index is -4.12. The number of pyridine rings is 5. The van der Waals surface area contributed by atoms with Crippen molar-refractivity contribution in [3.63, 3.8) is 0 Å². The van der Waals surface area contributed by atoms with E-state index in [9.17, 15) is 32.4 Å². The highest BCUT2D eigenvalue weighted by Gasteiger charge is 2.25. The zero-order valence-corrected chi connectivity index (χ0v) is 57.6. The van der Waals surface area contributed by atoms with Crippen molar-refractivity contribution in [1.82, 2.24) is 106 Å². The number of carboxylic acids is 1. The molecule has 0 aliphatic carbocycles. The molecule has 3 amide bonds. The van der Waals surface area contributed by atoms with Gasteiger partial charge in [-0.05, 0) is 142 Å². The molecule has 14 aromatic rings. The number of fused-ring (bicyclic) bond motifs is 3. The van der Waals surface area contributed by atoms with Crippen LogP contribution in [-0.2, 0) is 10.1 Å². The number of aromatic amines is 1. The molecule has 0 fully saturated rings. The van der Waals surface area contributed by atoms with Crippen molar-refractivity contribution in [3.05, 3.63) is 155 Å². The maximum atomic E-state index is 12.7. The highest BCUT2D eigenvalue weighted by molar-refractivity contribution is 7.87. The Morgan fingerprint density at radius 2 is 0.953 bits per heavy atom. The fourth-order valence-corrected chi connectivity index (χ4v) is 8.80. The Balaban J connectivity index is 0.000000165. The summed E-state index contributed by atoms with van der Waals surface area (Å²) in [6.07, 6.45) is 14.8. The molecule has 0 radical (unpaired) electrons. The first-order valence-electron chi connectivity index (χ1n) is 30.0. The lowest BCUT2D eigenvalue weighted by Gasteiger charge is -2.22. The predicted molar refractivity (Wildman–Crippen MR) is 377 cm³/mol. The summed E-state index contributed by atoms with van der Waals surface area (Å²) in [6.45, 7) is 13.9. The molecule has 13 aromatic heterocycles. The smallest absolute Gasteiger partial charge is 0.362 e. The lowest BCUT2D eigenvalue weighted by molar-refractivity contribution is 0.0684. The van der Waals surface area contributed by atoms with Crippen LogP contribution in [-0.4, -0.2) is 155 Å². The number of rotatable bonds is 12. The maximum Gasteiger partial charge on any atom is 0.362 e. The van der Waals surface area contributed by atoms with Crippen LogP contribution in [0.3, 0.4) is 0 Å². The normalized spacial score (nSPS) is 10.8. The van der Waals surface area contributed by atoms with Gasteiger partial charge in [0.2, 0.25) is 28.9 Å². The Hall–Kier alpha value is -15.3. The van der Waals surface area contributed by atoms with Gasteiger partial charge in [0.1, 0.15) is 10.7 Å². The Morgan fingerprint density at radius 1 is 0.514 bits per heavy atom. The van der Waals surface area contributed by atoms with E-state index in [1.807, 2.05) is 54.5 Å². The van der Waals surface area contributed by atoms with Crippen molar-refractivity contribution in [2.45, 2.75) is 64.4 Å². The summed E-state index contributed by atoms with van der Waals surface area (Å²) in [7, 11) is -4.12. The largest absolute Gasteiger partial charge is 0.476 e. The minimum absolute atomic E-state index is 0. The fourth-order valence-electron chi connectivity index (χ4n) is 7.90. The first kappa shape index (κ1) is 77.4. The van der Waals surface area contributed by atoms with Crippen LogP contribution in [0.4, 0.5) is 46.3 Å². The van der Waals surface area contributed by atoms with Gasteiger partial charge in [0.15, 0.2) is 52.0 Å². The maximum absolute atomic E-state index is 12.7. The number of anilines is 8. The fraction of sp³-hybridized carbons (Fsp3) is 0.150. The van der Waals surface area contributed by atoms with Gasteiger partial charge in [-0.25, -0.2) is 47.9 Å². The quantitative estimate of drug-likeness (QED) is 0.0782. The Bertz CT molecular complexity index is 5630. The molecule has 0 aliphatic rings. The third-order valence-electron chi connectivity index (χ3n) is 12.6. The molecule has 552 valence electrons. The van der Waals surface area contributed by atoms with Gasteiger partial charge < -0.3 is 76.5 Å². The van der Waals surface area contributed by atoms with E-state index in [-0.39, 0.29) is 102 Å². The van der Waals surface area contributed by atoms with E-state index in [0.717, 1.165) is 10.9 Å². The van der Waals surface area contributed by atoms with Crippen LogP contribution in [0.25, 0.3) is 67.3 Å². The van der Waals surface area contributed by atoms with E-state index in [1.54, 1.807) is 36.7 Å². The molecule has 47 heteroatoms. The highest BCUT2D eigenvalue weighted by Crippen LogP contribution is 2.31. The van der Waals surface area contributed by atoms with Gasteiger partial charge in [0.05, 0.1) is 80.8 Å². The summed E-state index contributed by atoms with van der Waals surface area (Å²) >= 11 is 0. The Morgan fingerprint density at radius 3 is 1.42 bits per heavy atom. The molecule has 0 saturated heterocycles. The average Bonchev–Trinajstić information content (AvgIpc) is 1.70. The number of H-pyrrole nitrogens is 1. The second-order valence-corrected chi connectivity index (χ2v) is 24.8. The van der Waals surface area contributed by atoms with Crippen LogP contribution < -0.4 is 72.0 Å². The van der Waals surface area contributed by atoms with Crippen LogP contribution >= 0.6 is 0 Å². The lowest BCUT2D eigenvalue weighted by Crippen LogP contribution is -2.27. The topological polar surface area (TPSA) is 746 Å². The number of aromatic nitrogens is 21.